The average molecular weight is 373 g/mol. The van der Waals surface area contributed by atoms with Gasteiger partial charge in [-0.05, 0) is 22.6 Å². The third-order valence-corrected chi connectivity index (χ3v) is 3.61. The molecule has 0 unspecified atom stereocenters. The summed E-state index contributed by atoms with van der Waals surface area (Å²) in [6.45, 7) is 0.926. The fourth-order valence-corrected chi connectivity index (χ4v) is 2.43. The highest BCUT2D eigenvalue weighted by Crippen LogP contribution is 2.25. The van der Waals surface area contributed by atoms with Gasteiger partial charge >= 0.3 is 18.2 Å². The molecule has 3 rings (SSSR count). The molecule has 0 radical (unpaired) electrons. The normalized spacial score (nSPS) is 16.7. The van der Waals surface area contributed by atoms with E-state index in [2.05, 4.69) is 9.72 Å². The largest absolute Gasteiger partial charge is 0.573 e. The zero-order valence-corrected chi connectivity index (χ0v) is 13.3. The standard InChI is InChI=1S/C15H14F3N3O5/c16-15(17,18)26-11-3-1-10(2-4-11)8-24-9-12-5-6-20-7-13(21(22)23)19-14(20)25-12/h1-4,7,12H,5-6,8-9H2/t12-/m1/s1. The van der Waals surface area contributed by atoms with Gasteiger partial charge in [-0.15, -0.1) is 13.2 Å². The third kappa shape index (κ3) is 4.63. The lowest BCUT2D eigenvalue weighted by molar-refractivity contribution is -0.389. The summed E-state index contributed by atoms with van der Waals surface area (Å²) in [5, 5.41) is 10.7. The van der Waals surface area contributed by atoms with Crippen LogP contribution in [0.4, 0.5) is 19.0 Å². The zero-order chi connectivity index (χ0) is 18.7. The number of hydrogen-bond acceptors (Lipinski definition) is 6. The smallest absolute Gasteiger partial charge is 0.440 e. The number of halogens is 3. The number of alkyl halides is 3. The van der Waals surface area contributed by atoms with E-state index in [0.717, 1.165) is 0 Å². The Labute approximate surface area is 145 Å². The van der Waals surface area contributed by atoms with Gasteiger partial charge in [-0.3, -0.25) is 4.57 Å². The Morgan fingerprint density at radius 2 is 2.08 bits per heavy atom. The Kier molecular flexibility index (Phi) is 4.98. The van der Waals surface area contributed by atoms with Gasteiger partial charge in [-0.1, -0.05) is 12.1 Å². The Bertz CT molecular complexity index is 776. The van der Waals surface area contributed by atoms with Crippen LogP contribution in [0.2, 0.25) is 0 Å². The summed E-state index contributed by atoms with van der Waals surface area (Å²) >= 11 is 0. The van der Waals surface area contributed by atoms with E-state index in [1.807, 2.05) is 0 Å². The second kappa shape index (κ2) is 7.20. The maximum Gasteiger partial charge on any atom is 0.573 e. The molecule has 2 aromatic rings. The lowest BCUT2D eigenvalue weighted by Crippen LogP contribution is -2.30. The van der Waals surface area contributed by atoms with Gasteiger partial charge < -0.3 is 24.3 Å². The summed E-state index contributed by atoms with van der Waals surface area (Å²) in [5.41, 5.74) is 0.674. The van der Waals surface area contributed by atoms with Gasteiger partial charge in [0.15, 0.2) is 0 Å². The summed E-state index contributed by atoms with van der Waals surface area (Å²) in [6.07, 6.45) is -3.12. The Morgan fingerprint density at radius 3 is 2.73 bits per heavy atom. The fourth-order valence-electron chi connectivity index (χ4n) is 2.43. The second-order valence-corrected chi connectivity index (χ2v) is 5.57. The molecule has 2 heterocycles. The molecule has 0 bridgehead atoms. The van der Waals surface area contributed by atoms with Crippen molar-refractivity contribution in [2.75, 3.05) is 6.61 Å². The predicted octanol–water partition coefficient (Wildman–Crippen LogP) is 3.06. The van der Waals surface area contributed by atoms with E-state index in [1.165, 1.54) is 30.5 Å². The number of rotatable bonds is 6. The van der Waals surface area contributed by atoms with Crippen LogP contribution in [0, 0.1) is 10.1 Å². The van der Waals surface area contributed by atoms with Crippen LogP contribution in [0.25, 0.3) is 0 Å². The van der Waals surface area contributed by atoms with Gasteiger partial charge in [-0.2, -0.15) is 0 Å². The summed E-state index contributed by atoms with van der Waals surface area (Å²) < 4.78 is 52.7. The minimum absolute atomic E-state index is 0.171. The number of fused-ring (bicyclic) bond motifs is 1. The number of imidazole rings is 1. The van der Waals surface area contributed by atoms with Crippen LogP contribution < -0.4 is 9.47 Å². The molecular weight excluding hydrogens is 359 g/mol. The summed E-state index contributed by atoms with van der Waals surface area (Å²) in [5.74, 6) is -0.576. The first-order valence-corrected chi connectivity index (χ1v) is 7.61. The number of nitro groups is 1. The minimum atomic E-state index is -4.73. The van der Waals surface area contributed by atoms with Crippen molar-refractivity contribution < 1.29 is 32.3 Å². The van der Waals surface area contributed by atoms with E-state index in [4.69, 9.17) is 9.47 Å². The van der Waals surface area contributed by atoms with Crippen molar-refractivity contribution in [2.24, 2.45) is 0 Å². The molecule has 0 saturated carbocycles. The van der Waals surface area contributed by atoms with E-state index in [0.29, 0.717) is 18.5 Å². The maximum atomic E-state index is 12.1. The molecule has 26 heavy (non-hydrogen) atoms. The molecule has 1 aromatic carbocycles. The highest BCUT2D eigenvalue weighted by atomic mass is 19.4. The van der Waals surface area contributed by atoms with Gasteiger partial charge in [0, 0.05) is 17.9 Å². The molecule has 1 atom stereocenters. The molecule has 0 amide bonds. The molecule has 0 aliphatic carbocycles. The summed E-state index contributed by atoms with van der Waals surface area (Å²) in [7, 11) is 0. The average Bonchev–Trinajstić information content (AvgIpc) is 2.99. The van der Waals surface area contributed by atoms with Crippen molar-refractivity contribution in [3.8, 4) is 11.8 Å². The molecule has 0 saturated heterocycles. The van der Waals surface area contributed by atoms with Crippen LogP contribution in [0.15, 0.2) is 30.5 Å². The number of aromatic nitrogens is 2. The number of nitrogens with zero attached hydrogens (tertiary/aromatic N) is 3. The maximum absolute atomic E-state index is 12.1. The highest BCUT2D eigenvalue weighted by Gasteiger charge is 2.31. The summed E-state index contributed by atoms with van der Waals surface area (Å²) in [4.78, 5) is 13.9. The van der Waals surface area contributed by atoms with E-state index in [1.54, 1.807) is 4.57 Å². The van der Waals surface area contributed by atoms with Crippen LogP contribution in [0.3, 0.4) is 0 Å². The lowest BCUT2D eigenvalue weighted by Gasteiger charge is -2.21. The fraction of sp³-hybridized carbons (Fsp3) is 0.400. The molecule has 1 aliphatic heterocycles. The number of benzene rings is 1. The highest BCUT2D eigenvalue weighted by molar-refractivity contribution is 5.27. The molecular formula is C15H14F3N3O5. The third-order valence-electron chi connectivity index (χ3n) is 3.61. The minimum Gasteiger partial charge on any atom is -0.440 e. The summed E-state index contributed by atoms with van der Waals surface area (Å²) in [6, 6.07) is 5.53. The van der Waals surface area contributed by atoms with Gasteiger partial charge in [0.25, 0.3) is 0 Å². The predicted molar refractivity (Wildman–Crippen MR) is 80.7 cm³/mol. The molecule has 11 heteroatoms. The van der Waals surface area contributed by atoms with E-state index in [9.17, 15) is 23.3 Å². The first kappa shape index (κ1) is 18.0. The second-order valence-electron chi connectivity index (χ2n) is 5.57. The zero-order valence-electron chi connectivity index (χ0n) is 13.3. The van der Waals surface area contributed by atoms with Crippen molar-refractivity contribution in [1.82, 2.24) is 9.55 Å². The number of ether oxygens (including phenoxy) is 3. The number of aryl methyl sites for hydroxylation is 1. The van der Waals surface area contributed by atoms with E-state index < -0.39 is 11.3 Å². The topological polar surface area (TPSA) is 88.7 Å². The molecule has 0 spiro atoms. The van der Waals surface area contributed by atoms with Crippen LogP contribution in [0.5, 0.6) is 11.8 Å². The van der Waals surface area contributed by atoms with Gasteiger partial charge in [0.2, 0.25) is 0 Å². The monoisotopic (exact) mass is 373 g/mol. The molecule has 0 N–H and O–H groups in total. The quantitative estimate of drug-likeness (QED) is 0.571. The van der Waals surface area contributed by atoms with Crippen molar-refractivity contribution in [3.05, 3.63) is 46.1 Å². The molecule has 0 fully saturated rings. The van der Waals surface area contributed by atoms with Crippen LogP contribution in [-0.4, -0.2) is 33.5 Å². The Balaban J connectivity index is 1.47. The molecule has 1 aromatic heterocycles. The van der Waals surface area contributed by atoms with Crippen molar-refractivity contribution in [3.63, 3.8) is 0 Å². The number of hydrogen-bond donors (Lipinski definition) is 0. The van der Waals surface area contributed by atoms with Crippen LogP contribution in [-0.2, 0) is 17.9 Å². The van der Waals surface area contributed by atoms with Crippen molar-refractivity contribution in [1.29, 1.82) is 0 Å². The van der Waals surface area contributed by atoms with Crippen molar-refractivity contribution in [2.45, 2.75) is 32.0 Å². The SMILES string of the molecule is O=[N+]([O-])c1cn2c(n1)O[C@@H](COCc1ccc(OC(F)(F)F)cc1)CC2. The van der Waals surface area contributed by atoms with Gasteiger partial charge in [-0.25, -0.2) is 0 Å². The van der Waals surface area contributed by atoms with Crippen LogP contribution in [0.1, 0.15) is 12.0 Å². The van der Waals surface area contributed by atoms with Crippen LogP contribution >= 0.6 is 0 Å². The van der Waals surface area contributed by atoms with Crippen molar-refractivity contribution >= 4 is 5.82 Å². The van der Waals surface area contributed by atoms with E-state index in [-0.39, 0.29) is 36.9 Å². The molecule has 140 valence electrons. The lowest BCUT2D eigenvalue weighted by atomic mass is 10.2. The Hall–Kier alpha value is -2.82. The first-order valence-electron chi connectivity index (χ1n) is 7.61. The van der Waals surface area contributed by atoms with Gasteiger partial charge in [0.05, 0.1) is 13.2 Å². The van der Waals surface area contributed by atoms with Gasteiger partial charge in [0.1, 0.15) is 18.1 Å². The van der Waals surface area contributed by atoms with E-state index >= 15 is 0 Å². The molecule has 8 nitrogen and oxygen atoms in total. The molecule has 1 aliphatic rings. The first-order chi connectivity index (χ1) is 12.3. The Morgan fingerprint density at radius 1 is 1.35 bits per heavy atom.